The summed E-state index contributed by atoms with van der Waals surface area (Å²) < 4.78 is 16.4. The van der Waals surface area contributed by atoms with Gasteiger partial charge in [0.2, 0.25) is 0 Å². The van der Waals surface area contributed by atoms with E-state index < -0.39 is 0 Å². The van der Waals surface area contributed by atoms with Gasteiger partial charge in [0, 0.05) is 17.7 Å². The van der Waals surface area contributed by atoms with Crippen molar-refractivity contribution in [2.75, 3.05) is 20.8 Å². The lowest BCUT2D eigenvalue weighted by atomic mass is 10.0. The van der Waals surface area contributed by atoms with Crippen LogP contribution in [-0.4, -0.2) is 20.8 Å². The second-order valence-electron chi connectivity index (χ2n) is 4.61. The molecule has 1 N–H and O–H groups in total. The molecule has 1 aromatic carbocycles. The Morgan fingerprint density at radius 3 is 2.71 bits per heavy atom. The molecule has 0 aliphatic carbocycles. The summed E-state index contributed by atoms with van der Waals surface area (Å²) in [6, 6.07) is 9.39. The first-order valence-electron chi connectivity index (χ1n) is 6.84. The van der Waals surface area contributed by atoms with Crippen molar-refractivity contribution in [2.45, 2.75) is 19.6 Å². The molecule has 0 fully saturated rings. The maximum Gasteiger partial charge on any atom is 0.129 e. The Balaban J connectivity index is 2.37. The van der Waals surface area contributed by atoms with Gasteiger partial charge >= 0.3 is 0 Å². The number of nitrogens with one attached hydrogen (secondary N) is 1. The molecule has 0 aliphatic rings. The van der Waals surface area contributed by atoms with E-state index in [0.29, 0.717) is 11.6 Å². The standard InChI is InChI=1S/C16H20ClNO3/c1-4-18-16(14-8-6-12(21-14)10-19-2)13-7-5-11(17)9-15(13)20-3/h5-9,16,18H,4,10H2,1-3H3. The van der Waals surface area contributed by atoms with Crippen LogP contribution in [0, 0.1) is 0 Å². The van der Waals surface area contributed by atoms with Gasteiger partial charge in [0.25, 0.3) is 0 Å². The Kier molecular flexibility index (Phi) is 5.67. The van der Waals surface area contributed by atoms with Crippen LogP contribution in [0.1, 0.15) is 30.0 Å². The van der Waals surface area contributed by atoms with Gasteiger partial charge in [-0.1, -0.05) is 24.6 Å². The number of ether oxygens (including phenoxy) is 2. The molecule has 21 heavy (non-hydrogen) atoms. The quantitative estimate of drug-likeness (QED) is 0.845. The van der Waals surface area contributed by atoms with Crippen molar-refractivity contribution in [3.05, 3.63) is 52.4 Å². The molecule has 1 heterocycles. The minimum Gasteiger partial charge on any atom is -0.496 e. The zero-order chi connectivity index (χ0) is 15.2. The highest BCUT2D eigenvalue weighted by Gasteiger charge is 2.21. The van der Waals surface area contributed by atoms with Gasteiger partial charge in [-0.3, -0.25) is 0 Å². The first kappa shape index (κ1) is 15.9. The third-order valence-electron chi connectivity index (χ3n) is 3.17. The minimum absolute atomic E-state index is 0.0900. The number of benzene rings is 1. The van der Waals surface area contributed by atoms with Crippen molar-refractivity contribution in [2.24, 2.45) is 0 Å². The first-order chi connectivity index (χ1) is 10.2. The monoisotopic (exact) mass is 309 g/mol. The molecule has 4 nitrogen and oxygen atoms in total. The highest BCUT2D eigenvalue weighted by Crippen LogP contribution is 2.33. The lowest BCUT2D eigenvalue weighted by Crippen LogP contribution is -2.22. The van der Waals surface area contributed by atoms with Crippen LogP contribution >= 0.6 is 11.6 Å². The lowest BCUT2D eigenvalue weighted by Gasteiger charge is -2.19. The summed E-state index contributed by atoms with van der Waals surface area (Å²) in [6.45, 7) is 3.31. The molecule has 1 atom stereocenters. The fourth-order valence-electron chi connectivity index (χ4n) is 2.26. The largest absolute Gasteiger partial charge is 0.496 e. The Bertz CT molecular complexity index is 583. The molecule has 2 aromatic rings. The molecule has 0 amide bonds. The zero-order valence-corrected chi connectivity index (χ0v) is 13.2. The summed E-state index contributed by atoms with van der Waals surface area (Å²) in [5.74, 6) is 2.35. The number of methoxy groups -OCH3 is 2. The Labute approximate surface area is 130 Å². The lowest BCUT2D eigenvalue weighted by molar-refractivity contribution is 0.162. The third kappa shape index (κ3) is 3.79. The average molecular weight is 310 g/mol. The van der Waals surface area contributed by atoms with Gasteiger partial charge in [0.05, 0.1) is 13.2 Å². The van der Waals surface area contributed by atoms with Crippen molar-refractivity contribution in [1.82, 2.24) is 5.32 Å². The van der Waals surface area contributed by atoms with E-state index in [4.69, 9.17) is 25.5 Å². The molecular weight excluding hydrogens is 290 g/mol. The normalized spacial score (nSPS) is 12.4. The maximum absolute atomic E-state index is 6.03. The van der Waals surface area contributed by atoms with Gasteiger partial charge in [-0.15, -0.1) is 0 Å². The van der Waals surface area contributed by atoms with Crippen LogP contribution in [0.3, 0.4) is 0 Å². The van der Waals surface area contributed by atoms with Crippen molar-refractivity contribution in [3.63, 3.8) is 0 Å². The van der Waals surface area contributed by atoms with E-state index in [-0.39, 0.29) is 6.04 Å². The summed E-state index contributed by atoms with van der Waals surface area (Å²) >= 11 is 6.03. The predicted octanol–water partition coefficient (Wildman–Crippen LogP) is 3.79. The van der Waals surface area contributed by atoms with Gasteiger partial charge in [-0.05, 0) is 30.8 Å². The van der Waals surface area contributed by atoms with E-state index in [1.165, 1.54) is 0 Å². The summed E-state index contributed by atoms with van der Waals surface area (Å²) in [6.07, 6.45) is 0. The number of hydrogen-bond donors (Lipinski definition) is 1. The molecule has 2 rings (SSSR count). The van der Waals surface area contributed by atoms with E-state index in [0.717, 1.165) is 29.4 Å². The molecular formula is C16H20ClNO3. The van der Waals surface area contributed by atoms with Crippen LogP contribution < -0.4 is 10.1 Å². The molecule has 114 valence electrons. The number of furan rings is 1. The Morgan fingerprint density at radius 2 is 2.05 bits per heavy atom. The van der Waals surface area contributed by atoms with Gasteiger partial charge in [-0.25, -0.2) is 0 Å². The molecule has 0 saturated heterocycles. The second kappa shape index (κ2) is 7.50. The summed E-state index contributed by atoms with van der Waals surface area (Å²) in [5, 5.41) is 4.05. The van der Waals surface area contributed by atoms with E-state index in [9.17, 15) is 0 Å². The Morgan fingerprint density at radius 1 is 1.24 bits per heavy atom. The first-order valence-corrected chi connectivity index (χ1v) is 7.21. The molecule has 0 aliphatic heterocycles. The summed E-state index contributed by atoms with van der Waals surface area (Å²) in [4.78, 5) is 0. The van der Waals surface area contributed by atoms with E-state index in [1.54, 1.807) is 20.3 Å². The zero-order valence-electron chi connectivity index (χ0n) is 12.5. The fraction of sp³-hybridized carbons (Fsp3) is 0.375. The van der Waals surface area contributed by atoms with Gasteiger partial charge < -0.3 is 19.2 Å². The summed E-state index contributed by atoms with van der Waals surface area (Å²) in [5.41, 5.74) is 0.988. The Hall–Kier alpha value is -1.49. The fourth-order valence-corrected chi connectivity index (χ4v) is 2.42. The molecule has 0 saturated carbocycles. The minimum atomic E-state index is -0.0900. The number of halogens is 1. The van der Waals surface area contributed by atoms with Gasteiger partial charge in [-0.2, -0.15) is 0 Å². The molecule has 1 aromatic heterocycles. The van der Waals surface area contributed by atoms with E-state index >= 15 is 0 Å². The van der Waals surface area contributed by atoms with Crippen LogP contribution in [-0.2, 0) is 11.3 Å². The molecule has 0 bridgehead atoms. The van der Waals surface area contributed by atoms with Gasteiger partial charge in [0.1, 0.15) is 23.9 Å². The van der Waals surface area contributed by atoms with Crippen molar-refractivity contribution in [3.8, 4) is 5.75 Å². The van der Waals surface area contributed by atoms with Crippen LogP contribution in [0.2, 0.25) is 5.02 Å². The number of rotatable bonds is 7. The molecule has 5 heteroatoms. The predicted molar refractivity (Wildman–Crippen MR) is 82.9 cm³/mol. The summed E-state index contributed by atoms with van der Waals surface area (Å²) in [7, 11) is 3.28. The van der Waals surface area contributed by atoms with Crippen molar-refractivity contribution in [1.29, 1.82) is 0 Å². The van der Waals surface area contributed by atoms with Crippen LogP contribution in [0.15, 0.2) is 34.7 Å². The molecule has 0 spiro atoms. The molecule has 1 unspecified atom stereocenters. The second-order valence-corrected chi connectivity index (χ2v) is 5.05. The van der Waals surface area contributed by atoms with Crippen molar-refractivity contribution < 1.29 is 13.9 Å². The van der Waals surface area contributed by atoms with Gasteiger partial charge in [0.15, 0.2) is 0 Å². The van der Waals surface area contributed by atoms with Crippen LogP contribution in [0.5, 0.6) is 5.75 Å². The smallest absolute Gasteiger partial charge is 0.129 e. The third-order valence-corrected chi connectivity index (χ3v) is 3.40. The topological polar surface area (TPSA) is 43.6 Å². The SMILES string of the molecule is CCNC(c1ccc(COC)o1)c1ccc(Cl)cc1OC. The average Bonchev–Trinajstić information content (AvgIpc) is 2.94. The maximum atomic E-state index is 6.03. The highest BCUT2D eigenvalue weighted by atomic mass is 35.5. The van der Waals surface area contributed by atoms with Crippen molar-refractivity contribution >= 4 is 11.6 Å². The van der Waals surface area contributed by atoms with E-state index in [1.807, 2.05) is 24.3 Å². The number of hydrogen-bond acceptors (Lipinski definition) is 4. The molecule has 0 radical (unpaired) electrons. The van der Waals surface area contributed by atoms with Crippen LogP contribution in [0.25, 0.3) is 0 Å². The van der Waals surface area contributed by atoms with E-state index in [2.05, 4.69) is 12.2 Å². The van der Waals surface area contributed by atoms with Crippen LogP contribution in [0.4, 0.5) is 0 Å². The highest BCUT2D eigenvalue weighted by molar-refractivity contribution is 6.30.